The van der Waals surface area contributed by atoms with Crippen molar-refractivity contribution in [2.24, 2.45) is 11.1 Å². The smallest absolute Gasteiger partial charge is 0.237 e. The molecule has 0 saturated heterocycles. The molecule has 1 fully saturated rings. The van der Waals surface area contributed by atoms with Crippen LogP contribution < -0.4 is 11.1 Å². The minimum atomic E-state index is -0.722. The number of amides is 1. The summed E-state index contributed by atoms with van der Waals surface area (Å²) in [6, 6.07) is 5.68. The molecular formula is C15H18Br2N2OS. The van der Waals surface area contributed by atoms with Crippen molar-refractivity contribution in [2.45, 2.75) is 38.5 Å². The van der Waals surface area contributed by atoms with Gasteiger partial charge in [-0.25, -0.2) is 0 Å². The quantitative estimate of drug-likeness (QED) is 0.532. The SMILES string of the molecule is NC(=S)C1(C(=O)Nc2c(Br)cccc2Br)CCCCCC1. The monoisotopic (exact) mass is 432 g/mol. The first-order valence-electron chi connectivity index (χ1n) is 7.03. The predicted octanol–water partition coefficient (Wildman–Crippen LogP) is 4.78. The number of rotatable bonds is 3. The summed E-state index contributed by atoms with van der Waals surface area (Å²) in [6.45, 7) is 0. The van der Waals surface area contributed by atoms with E-state index in [2.05, 4.69) is 37.2 Å². The average Bonchev–Trinajstić information content (AvgIpc) is 2.69. The highest BCUT2D eigenvalue weighted by molar-refractivity contribution is 9.11. The average molecular weight is 434 g/mol. The molecule has 1 aliphatic rings. The maximum atomic E-state index is 12.9. The number of anilines is 1. The van der Waals surface area contributed by atoms with Crippen molar-refractivity contribution in [2.75, 3.05) is 5.32 Å². The van der Waals surface area contributed by atoms with Crippen molar-refractivity contribution >= 4 is 60.7 Å². The molecule has 3 nitrogen and oxygen atoms in total. The number of nitrogens with one attached hydrogen (secondary N) is 1. The Labute approximate surface area is 147 Å². The fraction of sp³-hybridized carbons (Fsp3) is 0.467. The van der Waals surface area contributed by atoms with Crippen molar-refractivity contribution in [3.05, 3.63) is 27.1 Å². The molecule has 0 heterocycles. The summed E-state index contributed by atoms with van der Waals surface area (Å²) in [5.41, 5.74) is 5.95. The molecule has 1 amide bonds. The standard InChI is InChI=1S/C15H18Br2N2OS/c16-10-6-5-7-11(17)12(10)19-14(20)15(13(18)21)8-3-1-2-4-9-15/h5-7H,1-4,8-9H2,(H2,18,21)(H,19,20). The Morgan fingerprint density at radius 1 is 1.14 bits per heavy atom. The highest BCUT2D eigenvalue weighted by Crippen LogP contribution is 2.38. The fourth-order valence-corrected chi connectivity index (χ4v) is 4.26. The summed E-state index contributed by atoms with van der Waals surface area (Å²) < 4.78 is 1.66. The van der Waals surface area contributed by atoms with Crippen LogP contribution in [0.15, 0.2) is 27.1 Å². The normalized spacial score (nSPS) is 17.8. The number of carbonyl (C=O) groups is 1. The Bertz CT molecular complexity index is 534. The zero-order chi connectivity index (χ0) is 15.5. The summed E-state index contributed by atoms with van der Waals surface area (Å²) in [7, 11) is 0. The minimum absolute atomic E-state index is 0.0931. The number of hydrogen-bond acceptors (Lipinski definition) is 2. The molecule has 0 aliphatic heterocycles. The van der Waals surface area contributed by atoms with Gasteiger partial charge in [0.15, 0.2) is 0 Å². The van der Waals surface area contributed by atoms with E-state index < -0.39 is 5.41 Å². The van der Waals surface area contributed by atoms with Crippen LogP contribution in [0.2, 0.25) is 0 Å². The van der Waals surface area contributed by atoms with Gasteiger partial charge in [0.1, 0.15) is 0 Å². The van der Waals surface area contributed by atoms with Crippen LogP contribution in [0.1, 0.15) is 38.5 Å². The highest BCUT2D eigenvalue weighted by Gasteiger charge is 2.41. The van der Waals surface area contributed by atoms with Crippen molar-refractivity contribution in [1.29, 1.82) is 0 Å². The maximum absolute atomic E-state index is 12.9. The maximum Gasteiger partial charge on any atom is 0.237 e. The van der Waals surface area contributed by atoms with Crippen LogP contribution in [0.3, 0.4) is 0 Å². The van der Waals surface area contributed by atoms with Crippen LogP contribution in [0.5, 0.6) is 0 Å². The molecule has 1 aromatic rings. The second-order valence-corrected chi connectivity index (χ2v) is 7.56. The topological polar surface area (TPSA) is 55.1 Å². The van der Waals surface area contributed by atoms with Gasteiger partial charge in [0.2, 0.25) is 5.91 Å². The minimum Gasteiger partial charge on any atom is -0.392 e. The van der Waals surface area contributed by atoms with Gasteiger partial charge in [-0.1, -0.05) is 44.0 Å². The number of benzene rings is 1. The number of carbonyl (C=O) groups excluding carboxylic acids is 1. The number of hydrogen-bond donors (Lipinski definition) is 2. The fourth-order valence-electron chi connectivity index (χ4n) is 2.77. The molecule has 3 N–H and O–H groups in total. The van der Waals surface area contributed by atoms with E-state index in [1.54, 1.807) is 0 Å². The second kappa shape index (κ2) is 7.20. The third kappa shape index (κ3) is 3.66. The van der Waals surface area contributed by atoms with E-state index in [-0.39, 0.29) is 5.91 Å². The van der Waals surface area contributed by atoms with Gasteiger partial charge in [-0.3, -0.25) is 4.79 Å². The van der Waals surface area contributed by atoms with E-state index in [4.69, 9.17) is 18.0 Å². The van der Waals surface area contributed by atoms with Crippen molar-refractivity contribution in [3.63, 3.8) is 0 Å². The van der Waals surface area contributed by atoms with Gasteiger partial charge in [-0.15, -0.1) is 0 Å². The Hall–Kier alpha value is -0.460. The molecule has 0 unspecified atom stereocenters. The van der Waals surface area contributed by atoms with Gasteiger partial charge in [-0.2, -0.15) is 0 Å². The van der Waals surface area contributed by atoms with Gasteiger partial charge in [-0.05, 0) is 56.8 Å². The largest absolute Gasteiger partial charge is 0.392 e. The molecule has 0 aromatic heterocycles. The lowest BCUT2D eigenvalue weighted by atomic mass is 9.79. The number of halogens is 2. The molecule has 1 aliphatic carbocycles. The zero-order valence-electron chi connectivity index (χ0n) is 11.6. The van der Waals surface area contributed by atoms with Crippen LogP contribution in [0, 0.1) is 5.41 Å². The number of nitrogens with two attached hydrogens (primary N) is 1. The molecule has 1 saturated carbocycles. The van der Waals surface area contributed by atoms with Gasteiger partial charge in [0.25, 0.3) is 0 Å². The van der Waals surface area contributed by atoms with E-state index in [0.717, 1.165) is 53.2 Å². The van der Waals surface area contributed by atoms with Crippen LogP contribution in [-0.4, -0.2) is 10.9 Å². The van der Waals surface area contributed by atoms with E-state index in [1.165, 1.54) is 0 Å². The van der Waals surface area contributed by atoms with Crippen molar-refractivity contribution < 1.29 is 4.79 Å². The Kier molecular flexibility index (Phi) is 5.80. The summed E-state index contributed by atoms with van der Waals surface area (Å²) in [5, 5.41) is 3.00. The van der Waals surface area contributed by atoms with Crippen LogP contribution in [-0.2, 0) is 4.79 Å². The molecular weight excluding hydrogens is 416 g/mol. The van der Waals surface area contributed by atoms with Crippen LogP contribution in [0.25, 0.3) is 0 Å². The Balaban J connectivity index is 2.29. The van der Waals surface area contributed by atoms with E-state index in [9.17, 15) is 4.79 Å². The number of para-hydroxylation sites is 1. The van der Waals surface area contributed by atoms with E-state index in [1.807, 2.05) is 18.2 Å². The highest BCUT2D eigenvalue weighted by atomic mass is 79.9. The van der Waals surface area contributed by atoms with Crippen LogP contribution >= 0.6 is 44.1 Å². The third-order valence-corrected chi connectivity index (χ3v) is 5.78. The number of thiocarbonyl (C=S) groups is 1. The van der Waals surface area contributed by atoms with Gasteiger partial charge >= 0.3 is 0 Å². The first kappa shape index (κ1) is 16.9. The molecule has 0 spiro atoms. The van der Waals surface area contributed by atoms with Crippen molar-refractivity contribution in [1.82, 2.24) is 0 Å². The molecule has 0 atom stereocenters. The second-order valence-electron chi connectivity index (χ2n) is 5.41. The zero-order valence-corrected chi connectivity index (χ0v) is 15.6. The molecule has 6 heteroatoms. The van der Waals surface area contributed by atoms with Gasteiger partial charge in [0.05, 0.1) is 16.1 Å². The molecule has 1 aromatic carbocycles. The lowest BCUT2D eigenvalue weighted by Crippen LogP contribution is -2.45. The third-order valence-electron chi connectivity index (χ3n) is 4.06. The van der Waals surface area contributed by atoms with Crippen molar-refractivity contribution in [3.8, 4) is 0 Å². The first-order chi connectivity index (χ1) is 9.97. The lowest BCUT2D eigenvalue weighted by Gasteiger charge is -2.30. The summed E-state index contributed by atoms with van der Waals surface area (Å²) in [6.07, 6.45) is 5.71. The van der Waals surface area contributed by atoms with Gasteiger partial charge < -0.3 is 11.1 Å². The molecule has 0 bridgehead atoms. The Morgan fingerprint density at radius 2 is 1.67 bits per heavy atom. The first-order valence-corrected chi connectivity index (χ1v) is 9.02. The predicted molar refractivity (Wildman–Crippen MR) is 97.4 cm³/mol. The van der Waals surface area contributed by atoms with E-state index >= 15 is 0 Å². The summed E-state index contributed by atoms with van der Waals surface area (Å²) in [5.74, 6) is -0.0931. The van der Waals surface area contributed by atoms with E-state index in [0.29, 0.717) is 4.99 Å². The van der Waals surface area contributed by atoms with Crippen LogP contribution in [0.4, 0.5) is 5.69 Å². The lowest BCUT2D eigenvalue weighted by molar-refractivity contribution is -0.122. The molecule has 21 heavy (non-hydrogen) atoms. The Morgan fingerprint density at radius 3 is 2.14 bits per heavy atom. The molecule has 114 valence electrons. The summed E-state index contributed by atoms with van der Waals surface area (Å²) in [4.78, 5) is 13.2. The van der Waals surface area contributed by atoms with Gasteiger partial charge in [0, 0.05) is 8.95 Å². The molecule has 0 radical (unpaired) electrons. The molecule has 2 rings (SSSR count). The summed E-state index contributed by atoms with van der Waals surface area (Å²) >= 11 is 12.2.